The maximum absolute atomic E-state index is 11.1. The van der Waals surface area contributed by atoms with Crippen LogP contribution in [0.2, 0.25) is 5.02 Å². The van der Waals surface area contributed by atoms with Gasteiger partial charge in [0.1, 0.15) is 5.02 Å². The fourth-order valence-corrected chi connectivity index (χ4v) is 1.72. The van der Waals surface area contributed by atoms with Crippen molar-refractivity contribution < 1.29 is 0 Å². The maximum atomic E-state index is 11.1. The van der Waals surface area contributed by atoms with E-state index >= 15 is 0 Å². The molecule has 1 aliphatic rings. The molecule has 2 heterocycles. The summed E-state index contributed by atoms with van der Waals surface area (Å²) >= 11 is 5.84. The quantitative estimate of drug-likeness (QED) is 0.623. The third-order valence-corrected chi connectivity index (χ3v) is 2.50. The van der Waals surface area contributed by atoms with Gasteiger partial charge in [0.15, 0.2) is 0 Å². The van der Waals surface area contributed by atoms with Gasteiger partial charge in [0, 0.05) is 12.7 Å². The Kier molecular flexibility index (Phi) is 1.90. The van der Waals surface area contributed by atoms with Crippen LogP contribution in [0, 0.1) is 0 Å². The lowest BCUT2D eigenvalue weighted by Gasteiger charge is -2.16. The number of H-pyrrole nitrogens is 1. The molecule has 0 unspecified atom stereocenters. The number of aromatic nitrogens is 1. The summed E-state index contributed by atoms with van der Waals surface area (Å²) < 4.78 is 0. The van der Waals surface area contributed by atoms with Crippen molar-refractivity contribution in [2.24, 2.45) is 0 Å². The monoisotopic (exact) mass is 184 g/mol. The molecule has 4 heteroatoms. The van der Waals surface area contributed by atoms with Gasteiger partial charge in [-0.15, -0.1) is 0 Å². The molecule has 0 amide bonds. The Balaban J connectivity index is 2.61. The van der Waals surface area contributed by atoms with E-state index in [4.69, 9.17) is 11.6 Å². The Labute approximate surface area is 74.8 Å². The number of aromatic amines is 1. The number of nitrogens with one attached hydrogen (secondary N) is 2. The van der Waals surface area contributed by atoms with Crippen LogP contribution in [0.25, 0.3) is 0 Å². The minimum Gasteiger partial charge on any atom is -0.327 e. The first-order valence-electron chi connectivity index (χ1n) is 3.88. The first kappa shape index (κ1) is 7.83. The topological polar surface area (TPSA) is 44.9 Å². The Hall–Kier alpha value is -0.800. The highest BCUT2D eigenvalue weighted by molar-refractivity contribution is 6.31. The second-order valence-corrected chi connectivity index (χ2v) is 3.24. The van der Waals surface area contributed by atoms with Crippen LogP contribution in [0.4, 0.5) is 0 Å². The third kappa shape index (κ3) is 1.15. The lowest BCUT2D eigenvalue weighted by atomic mass is 10.0. The molecule has 64 valence electrons. The molecule has 0 radical (unpaired) electrons. The maximum Gasteiger partial charge on any atom is 0.266 e. The highest BCUT2D eigenvalue weighted by Gasteiger charge is 2.13. The van der Waals surface area contributed by atoms with E-state index in [-0.39, 0.29) is 5.56 Å². The van der Waals surface area contributed by atoms with Crippen LogP contribution in [-0.2, 0) is 13.0 Å². The SMILES string of the molecule is O=c1[nH]cc2c(c1Cl)CCNC2. The average Bonchev–Trinajstić information content (AvgIpc) is 2.12. The van der Waals surface area contributed by atoms with E-state index in [0.717, 1.165) is 30.6 Å². The molecule has 0 bridgehead atoms. The minimum atomic E-state index is -0.183. The Morgan fingerprint density at radius 2 is 2.33 bits per heavy atom. The summed E-state index contributed by atoms with van der Waals surface area (Å²) in [5, 5.41) is 3.56. The first-order chi connectivity index (χ1) is 5.79. The van der Waals surface area contributed by atoms with E-state index < -0.39 is 0 Å². The van der Waals surface area contributed by atoms with E-state index in [2.05, 4.69) is 10.3 Å². The molecule has 0 aliphatic carbocycles. The summed E-state index contributed by atoms with van der Waals surface area (Å²) in [6, 6.07) is 0. The Morgan fingerprint density at radius 1 is 1.50 bits per heavy atom. The van der Waals surface area contributed by atoms with Crippen molar-refractivity contribution in [3.05, 3.63) is 32.7 Å². The van der Waals surface area contributed by atoms with Crippen LogP contribution in [0.5, 0.6) is 0 Å². The first-order valence-corrected chi connectivity index (χ1v) is 4.26. The summed E-state index contributed by atoms with van der Waals surface area (Å²) in [6.45, 7) is 1.70. The normalized spacial score (nSPS) is 15.8. The highest BCUT2D eigenvalue weighted by atomic mass is 35.5. The van der Waals surface area contributed by atoms with Gasteiger partial charge in [-0.3, -0.25) is 4.79 Å². The molecule has 0 saturated heterocycles. The van der Waals surface area contributed by atoms with Crippen LogP contribution in [0.3, 0.4) is 0 Å². The molecule has 0 atom stereocenters. The van der Waals surface area contributed by atoms with Crippen molar-refractivity contribution in [3.63, 3.8) is 0 Å². The van der Waals surface area contributed by atoms with Gasteiger partial charge < -0.3 is 10.3 Å². The van der Waals surface area contributed by atoms with Crippen molar-refractivity contribution in [3.8, 4) is 0 Å². The summed E-state index contributed by atoms with van der Waals surface area (Å²) in [5.74, 6) is 0. The van der Waals surface area contributed by atoms with Crippen molar-refractivity contribution in [2.45, 2.75) is 13.0 Å². The number of hydrogen-bond acceptors (Lipinski definition) is 2. The summed E-state index contributed by atoms with van der Waals surface area (Å²) in [7, 11) is 0. The molecule has 12 heavy (non-hydrogen) atoms. The predicted octanol–water partition coefficient (Wildman–Crippen LogP) is 0.674. The highest BCUT2D eigenvalue weighted by Crippen LogP contribution is 2.17. The van der Waals surface area contributed by atoms with Gasteiger partial charge in [0.25, 0.3) is 5.56 Å². The second-order valence-electron chi connectivity index (χ2n) is 2.86. The van der Waals surface area contributed by atoms with E-state index in [0.29, 0.717) is 5.02 Å². The van der Waals surface area contributed by atoms with Gasteiger partial charge in [0.2, 0.25) is 0 Å². The van der Waals surface area contributed by atoms with Crippen molar-refractivity contribution in [1.82, 2.24) is 10.3 Å². The third-order valence-electron chi connectivity index (χ3n) is 2.10. The molecule has 3 nitrogen and oxygen atoms in total. The predicted molar refractivity (Wildman–Crippen MR) is 47.5 cm³/mol. The number of rotatable bonds is 0. The van der Waals surface area contributed by atoms with Gasteiger partial charge in [-0.25, -0.2) is 0 Å². The van der Waals surface area contributed by atoms with Gasteiger partial charge >= 0.3 is 0 Å². The van der Waals surface area contributed by atoms with Crippen molar-refractivity contribution >= 4 is 11.6 Å². The molecule has 1 aromatic rings. The summed E-state index contributed by atoms with van der Waals surface area (Å²) in [5.41, 5.74) is 1.92. The molecule has 0 fully saturated rings. The van der Waals surface area contributed by atoms with E-state index in [1.807, 2.05) is 0 Å². The molecular formula is C8H9ClN2O. The average molecular weight is 185 g/mol. The van der Waals surface area contributed by atoms with E-state index in [1.54, 1.807) is 6.20 Å². The van der Waals surface area contributed by atoms with Crippen LogP contribution in [0.15, 0.2) is 11.0 Å². The lowest BCUT2D eigenvalue weighted by Crippen LogP contribution is -2.26. The molecule has 0 spiro atoms. The summed E-state index contributed by atoms with van der Waals surface area (Å²) in [4.78, 5) is 13.7. The molecule has 0 saturated carbocycles. The van der Waals surface area contributed by atoms with E-state index in [9.17, 15) is 4.79 Å². The van der Waals surface area contributed by atoms with Crippen LogP contribution in [0.1, 0.15) is 11.1 Å². The summed E-state index contributed by atoms with van der Waals surface area (Å²) in [6.07, 6.45) is 2.58. The van der Waals surface area contributed by atoms with Gasteiger partial charge in [0.05, 0.1) is 0 Å². The molecule has 1 aliphatic heterocycles. The molecule has 1 aromatic heterocycles. The van der Waals surface area contributed by atoms with Crippen LogP contribution >= 0.6 is 11.6 Å². The second kappa shape index (κ2) is 2.92. The zero-order chi connectivity index (χ0) is 8.55. The van der Waals surface area contributed by atoms with Crippen LogP contribution in [-0.4, -0.2) is 11.5 Å². The van der Waals surface area contributed by atoms with Crippen molar-refractivity contribution in [1.29, 1.82) is 0 Å². The van der Waals surface area contributed by atoms with Crippen molar-refractivity contribution in [2.75, 3.05) is 6.54 Å². The fraction of sp³-hybridized carbons (Fsp3) is 0.375. The number of hydrogen-bond donors (Lipinski definition) is 2. The van der Waals surface area contributed by atoms with Gasteiger partial charge in [-0.05, 0) is 24.1 Å². The molecular weight excluding hydrogens is 176 g/mol. The Bertz CT molecular complexity index is 359. The number of halogens is 1. The molecule has 2 N–H and O–H groups in total. The largest absolute Gasteiger partial charge is 0.327 e. The smallest absolute Gasteiger partial charge is 0.266 e. The van der Waals surface area contributed by atoms with E-state index in [1.165, 1.54) is 0 Å². The minimum absolute atomic E-state index is 0.183. The van der Waals surface area contributed by atoms with Crippen LogP contribution < -0.4 is 10.9 Å². The lowest BCUT2D eigenvalue weighted by molar-refractivity contribution is 0.640. The number of pyridine rings is 1. The zero-order valence-electron chi connectivity index (χ0n) is 6.48. The Morgan fingerprint density at radius 3 is 3.17 bits per heavy atom. The fourth-order valence-electron chi connectivity index (χ4n) is 1.45. The molecule has 2 rings (SSSR count). The molecule has 0 aromatic carbocycles. The standard InChI is InChI=1S/C8H9ClN2O/c9-7-6-1-2-10-3-5(6)4-11-8(7)12/h4,10H,1-3H2,(H,11,12). The van der Waals surface area contributed by atoms with Gasteiger partial charge in [-0.1, -0.05) is 11.6 Å². The number of fused-ring (bicyclic) bond motifs is 1. The zero-order valence-corrected chi connectivity index (χ0v) is 7.24. The van der Waals surface area contributed by atoms with Gasteiger partial charge in [-0.2, -0.15) is 0 Å².